The van der Waals surface area contributed by atoms with Gasteiger partial charge in [-0.2, -0.15) is 0 Å². The molecule has 0 saturated carbocycles. The van der Waals surface area contributed by atoms with Crippen LogP contribution < -0.4 is 15.0 Å². The summed E-state index contributed by atoms with van der Waals surface area (Å²) in [6.45, 7) is 6.11. The second-order valence-corrected chi connectivity index (χ2v) is 6.78. The molecule has 0 bridgehead atoms. The Labute approximate surface area is 166 Å². The number of carbonyl (C=O) groups excluding carboxylic acids is 2. The third-order valence-corrected chi connectivity index (χ3v) is 4.80. The summed E-state index contributed by atoms with van der Waals surface area (Å²) in [6, 6.07) is 17.0. The van der Waals surface area contributed by atoms with E-state index in [0.717, 1.165) is 17.0 Å². The zero-order chi connectivity index (χ0) is 19.9. The first-order chi connectivity index (χ1) is 13.6. The van der Waals surface area contributed by atoms with Crippen LogP contribution >= 0.6 is 0 Å². The van der Waals surface area contributed by atoms with E-state index in [0.29, 0.717) is 32.7 Å². The maximum Gasteiger partial charge on any atom is 0.317 e. The van der Waals surface area contributed by atoms with Crippen LogP contribution in [-0.4, -0.2) is 42.6 Å². The second-order valence-electron chi connectivity index (χ2n) is 6.78. The summed E-state index contributed by atoms with van der Waals surface area (Å²) >= 11 is 0. The Hall–Kier alpha value is -3.02. The van der Waals surface area contributed by atoms with Gasteiger partial charge in [-0.15, -0.1) is 0 Å². The quantitative estimate of drug-likeness (QED) is 0.799. The van der Waals surface area contributed by atoms with E-state index in [1.165, 1.54) is 0 Å². The summed E-state index contributed by atoms with van der Waals surface area (Å²) in [5, 5.41) is 3.01. The third-order valence-electron chi connectivity index (χ3n) is 4.80. The number of rotatable bonds is 7. The molecule has 6 nitrogen and oxygen atoms in total. The lowest BCUT2D eigenvalue weighted by Crippen LogP contribution is -2.45. The van der Waals surface area contributed by atoms with Crippen molar-refractivity contribution in [3.8, 4) is 5.75 Å². The van der Waals surface area contributed by atoms with Gasteiger partial charge in [-0.25, -0.2) is 4.79 Å². The second kappa shape index (κ2) is 9.26. The summed E-state index contributed by atoms with van der Waals surface area (Å²) < 4.78 is 5.45. The average molecular weight is 381 g/mol. The van der Waals surface area contributed by atoms with Crippen LogP contribution in [-0.2, 0) is 11.3 Å². The number of anilines is 1. The molecule has 28 heavy (non-hydrogen) atoms. The van der Waals surface area contributed by atoms with Crippen LogP contribution in [0.3, 0.4) is 0 Å². The molecule has 1 saturated heterocycles. The Kier molecular flexibility index (Phi) is 6.53. The smallest absolute Gasteiger partial charge is 0.317 e. The van der Waals surface area contributed by atoms with Gasteiger partial charge in [-0.1, -0.05) is 30.3 Å². The minimum atomic E-state index is -0.198. The Bertz CT molecular complexity index is 792. The van der Waals surface area contributed by atoms with Gasteiger partial charge < -0.3 is 19.9 Å². The first-order valence-corrected chi connectivity index (χ1v) is 9.73. The van der Waals surface area contributed by atoms with Crippen molar-refractivity contribution < 1.29 is 14.3 Å². The van der Waals surface area contributed by atoms with Crippen molar-refractivity contribution in [3.05, 3.63) is 60.2 Å². The number of benzene rings is 2. The van der Waals surface area contributed by atoms with E-state index in [1.807, 2.05) is 68.4 Å². The van der Waals surface area contributed by atoms with Crippen molar-refractivity contribution >= 4 is 17.6 Å². The fourth-order valence-corrected chi connectivity index (χ4v) is 3.34. The summed E-state index contributed by atoms with van der Waals surface area (Å²) in [6.07, 6.45) is 0.307. The van der Waals surface area contributed by atoms with E-state index >= 15 is 0 Å². The molecular formula is C22H27N3O3. The van der Waals surface area contributed by atoms with E-state index in [4.69, 9.17) is 4.74 Å². The van der Waals surface area contributed by atoms with Gasteiger partial charge in [0.1, 0.15) is 5.75 Å². The largest absolute Gasteiger partial charge is 0.494 e. The average Bonchev–Trinajstić information content (AvgIpc) is 3.07. The summed E-state index contributed by atoms with van der Waals surface area (Å²) in [4.78, 5) is 28.6. The summed E-state index contributed by atoms with van der Waals surface area (Å²) in [5.41, 5.74) is 1.90. The normalized spacial score (nSPS) is 16.1. The standard InChI is InChI=1S/C22H27N3O3/c1-3-24(15-17-8-6-5-7-9-17)22(27)23-18-14-21(26)25(16-18)19-10-12-20(13-11-19)28-4-2/h5-13,18H,3-4,14-16H2,1-2H3,(H,23,27). The van der Waals surface area contributed by atoms with Gasteiger partial charge in [0.2, 0.25) is 5.91 Å². The number of nitrogens with zero attached hydrogens (tertiary/aromatic N) is 2. The molecule has 1 fully saturated rings. The molecule has 1 atom stereocenters. The monoisotopic (exact) mass is 381 g/mol. The third kappa shape index (κ3) is 4.82. The number of urea groups is 1. The maximum absolute atomic E-state index is 12.7. The van der Waals surface area contributed by atoms with Gasteiger partial charge in [0.25, 0.3) is 0 Å². The van der Waals surface area contributed by atoms with Crippen molar-refractivity contribution in [2.24, 2.45) is 0 Å². The van der Waals surface area contributed by atoms with Crippen LogP contribution in [0.15, 0.2) is 54.6 Å². The fourth-order valence-electron chi connectivity index (χ4n) is 3.34. The molecule has 0 radical (unpaired) electrons. The zero-order valence-corrected chi connectivity index (χ0v) is 16.4. The van der Waals surface area contributed by atoms with Gasteiger partial charge >= 0.3 is 6.03 Å². The zero-order valence-electron chi connectivity index (χ0n) is 16.4. The topological polar surface area (TPSA) is 61.9 Å². The lowest BCUT2D eigenvalue weighted by molar-refractivity contribution is -0.117. The molecule has 0 aromatic heterocycles. The Balaban J connectivity index is 1.59. The van der Waals surface area contributed by atoms with Gasteiger partial charge in [-0.3, -0.25) is 4.79 Å². The van der Waals surface area contributed by atoms with E-state index in [-0.39, 0.29) is 18.0 Å². The summed E-state index contributed by atoms with van der Waals surface area (Å²) in [7, 11) is 0. The van der Waals surface area contributed by atoms with E-state index in [9.17, 15) is 9.59 Å². The van der Waals surface area contributed by atoms with Crippen LogP contribution in [0, 0.1) is 0 Å². The van der Waals surface area contributed by atoms with E-state index < -0.39 is 0 Å². The van der Waals surface area contributed by atoms with E-state index in [1.54, 1.807) is 9.80 Å². The molecular weight excluding hydrogens is 354 g/mol. The van der Waals surface area contributed by atoms with Crippen molar-refractivity contribution in [1.82, 2.24) is 10.2 Å². The number of ether oxygens (including phenoxy) is 1. The highest BCUT2D eigenvalue weighted by Crippen LogP contribution is 2.24. The molecule has 3 amide bonds. The number of amides is 3. The van der Waals surface area contributed by atoms with Crippen LogP contribution in [0.2, 0.25) is 0 Å². The van der Waals surface area contributed by atoms with Crippen molar-refractivity contribution in [3.63, 3.8) is 0 Å². The molecule has 1 heterocycles. The minimum Gasteiger partial charge on any atom is -0.494 e. The molecule has 148 valence electrons. The van der Waals surface area contributed by atoms with Gasteiger partial charge in [-0.05, 0) is 43.7 Å². The molecule has 0 aliphatic carbocycles. The molecule has 0 spiro atoms. The van der Waals surface area contributed by atoms with Gasteiger partial charge in [0.15, 0.2) is 0 Å². The van der Waals surface area contributed by atoms with Crippen molar-refractivity contribution in [1.29, 1.82) is 0 Å². The van der Waals surface area contributed by atoms with E-state index in [2.05, 4.69) is 5.32 Å². The lowest BCUT2D eigenvalue weighted by atomic mass is 10.2. The molecule has 3 rings (SSSR count). The number of nitrogens with one attached hydrogen (secondary N) is 1. The molecule has 2 aromatic rings. The highest BCUT2D eigenvalue weighted by molar-refractivity contribution is 5.96. The maximum atomic E-state index is 12.7. The first-order valence-electron chi connectivity index (χ1n) is 9.73. The number of hydrogen-bond acceptors (Lipinski definition) is 3. The van der Waals surface area contributed by atoms with Crippen molar-refractivity contribution in [2.45, 2.75) is 32.9 Å². The van der Waals surface area contributed by atoms with Crippen LogP contribution in [0.25, 0.3) is 0 Å². The first kappa shape index (κ1) is 19.7. The molecule has 6 heteroatoms. The lowest BCUT2D eigenvalue weighted by Gasteiger charge is -2.24. The molecule has 1 N–H and O–H groups in total. The van der Waals surface area contributed by atoms with Crippen molar-refractivity contribution in [2.75, 3.05) is 24.6 Å². The molecule has 1 unspecified atom stereocenters. The highest BCUT2D eigenvalue weighted by Gasteiger charge is 2.32. The minimum absolute atomic E-state index is 0.0144. The van der Waals surface area contributed by atoms with Crippen LogP contribution in [0.5, 0.6) is 5.75 Å². The highest BCUT2D eigenvalue weighted by atomic mass is 16.5. The van der Waals surface area contributed by atoms with Gasteiger partial charge in [0.05, 0.1) is 12.6 Å². The molecule has 2 aromatic carbocycles. The number of carbonyl (C=O) groups is 2. The van der Waals surface area contributed by atoms with Crippen LogP contribution in [0.4, 0.5) is 10.5 Å². The summed E-state index contributed by atoms with van der Waals surface area (Å²) in [5.74, 6) is 0.794. The fraction of sp³-hybridized carbons (Fsp3) is 0.364. The predicted molar refractivity (Wildman–Crippen MR) is 109 cm³/mol. The van der Waals surface area contributed by atoms with Gasteiger partial charge in [0, 0.05) is 31.7 Å². The SMILES string of the molecule is CCOc1ccc(N2CC(NC(=O)N(CC)Cc3ccccc3)CC2=O)cc1. The molecule has 1 aliphatic rings. The Morgan fingerprint density at radius 2 is 1.86 bits per heavy atom. The predicted octanol–water partition coefficient (Wildman–Crippen LogP) is 3.42. The Morgan fingerprint density at radius 3 is 2.50 bits per heavy atom. The number of hydrogen-bond donors (Lipinski definition) is 1. The molecule has 1 aliphatic heterocycles. The van der Waals surface area contributed by atoms with Crippen LogP contribution in [0.1, 0.15) is 25.8 Å². The Morgan fingerprint density at radius 1 is 1.14 bits per heavy atom.